The van der Waals surface area contributed by atoms with Crippen molar-refractivity contribution >= 4 is 28.4 Å². The van der Waals surface area contributed by atoms with Crippen LogP contribution in [0.3, 0.4) is 0 Å². The van der Waals surface area contributed by atoms with Gasteiger partial charge in [-0.15, -0.1) is 0 Å². The molecule has 1 aliphatic rings. The van der Waals surface area contributed by atoms with E-state index in [2.05, 4.69) is 9.97 Å². The molecule has 1 aliphatic heterocycles. The van der Waals surface area contributed by atoms with Crippen LogP contribution >= 0.6 is 0 Å². The van der Waals surface area contributed by atoms with Gasteiger partial charge in [-0.3, -0.25) is 9.59 Å². The van der Waals surface area contributed by atoms with Crippen molar-refractivity contribution in [2.75, 3.05) is 4.90 Å². The molecule has 0 N–H and O–H groups in total. The predicted octanol–water partition coefficient (Wildman–Crippen LogP) is 2.30. The molecule has 4 rings (SSSR count). The summed E-state index contributed by atoms with van der Waals surface area (Å²) >= 11 is 0. The Hall–Kier alpha value is -3.59. The Morgan fingerprint density at radius 3 is 2.35 bits per heavy atom. The summed E-state index contributed by atoms with van der Waals surface area (Å²) in [7, 11) is 0. The monoisotopic (exact) mass is 300 g/mol. The van der Waals surface area contributed by atoms with E-state index in [9.17, 15) is 9.59 Å². The average Bonchev–Trinajstić information content (AvgIpc) is 2.85. The van der Waals surface area contributed by atoms with Crippen molar-refractivity contribution in [3.63, 3.8) is 0 Å². The van der Waals surface area contributed by atoms with Gasteiger partial charge in [0.15, 0.2) is 5.82 Å². The molecule has 0 atom stereocenters. The highest BCUT2D eigenvalue weighted by Crippen LogP contribution is 2.31. The fraction of sp³-hybridized carbons (Fsp3) is 0. The third-order valence-corrected chi connectivity index (χ3v) is 3.75. The van der Waals surface area contributed by atoms with Crippen molar-refractivity contribution < 1.29 is 9.59 Å². The SMILES string of the molecule is N#Cc1cc2ccnc(N3C(=O)c4ccccc4C3=O)c2cn1. The van der Waals surface area contributed by atoms with E-state index >= 15 is 0 Å². The van der Waals surface area contributed by atoms with Gasteiger partial charge in [-0.25, -0.2) is 14.9 Å². The lowest BCUT2D eigenvalue weighted by atomic mass is 10.1. The standard InChI is InChI=1S/C17H8N4O2/c18-8-11-7-10-5-6-19-15(14(10)9-20-11)21-16(22)12-3-1-2-4-13(12)17(21)23/h1-7,9H. The number of hydrogen-bond donors (Lipinski definition) is 0. The zero-order chi connectivity index (χ0) is 16.0. The van der Waals surface area contributed by atoms with Gasteiger partial charge in [0.05, 0.1) is 11.1 Å². The van der Waals surface area contributed by atoms with Gasteiger partial charge in [-0.2, -0.15) is 5.26 Å². The summed E-state index contributed by atoms with van der Waals surface area (Å²) < 4.78 is 0. The lowest BCUT2D eigenvalue weighted by Gasteiger charge is -2.14. The number of amides is 2. The zero-order valence-corrected chi connectivity index (χ0v) is 11.7. The van der Waals surface area contributed by atoms with Gasteiger partial charge in [0.2, 0.25) is 0 Å². The second-order valence-corrected chi connectivity index (χ2v) is 5.03. The molecular formula is C17H8N4O2. The van der Waals surface area contributed by atoms with Gasteiger partial charge in [0, 0.05) is 17.8 Å². The highest BCUT2D eigenvalue weighted by atomic mass is 16.2. The largest absolute Gasteiger partial charge is 0.268 e. The molecule has 6 nitrogen and oxygen atoms in total. The van der Waals surface area contributed by atoms with Crippen LogP contribution in [0, 0.1) is 11.3 Å². The van der Waals surface area contributed by atoms with E-state index in [1.54, 1.807) is 36.4 Å². The Labute approximate surface area is 130 Å². The van der Waals surface area contributed by atoms with E-state index in [4.69, 9.17) is 5.26 Å². The van der Waals surface area contributed by atoms with E-state index in [1.807, 2.05) is 6.07 Å². The topological polar surface area (TPSA) is 87.0 Å². The fourth-order valence-electron chi connectivity index (χ4n) is 2.67. The van der Waals surface area contributed by atoms with Gasteiger partial charge in [-0.05, 0) is 29.7 Å². The third kappa shape index (κ3) is 1.80. The number of benzene rings is 1. The van der Waals surface area contributed by atoms with Gasteiger partial charge in [0.25, 0.3) is 11.8 Å². The maximum absolute atomic E-state index is 12.6. The quantitative estimate of drug-likeness (QED) is 0.643. The summed E-state index contributed by atoms with van der Waals surface area (Å²) in [5.74, 6) is -0.587. The maximum atomic E-state index is 12.6. The molecule has 0 spiro atoms. The number of nitrogens with zero attached hydrogens (tertiary/aromatic N) is 4. The Bertz CT molecular complexity index is 1000. The number of imide groups is 1. The summed E-state index contributed by atoms with van der Waals surface area (Å²) in [6.07, 6.45) is 2.96. The molecular weight excluding hydrogens is 292 g/mol. The third-order valence-electron chi connectivity index (χ3n) is 3.75. The summed E-state index contributed by atoms with van der Waals surface area (Å²) in [6.45, 7) is 0. The van der Waals surface area contributed by atoms with Gasteiger partial charge >= 0.3 is 0 Å². The molecule has 0 aliphatic carbocycles. The summed E-state index contributed by atoms with van der Waals surface area (Å²) in [4.78, 5) is 34.4. The lowest BCUT2D eigenvalue weighted by Crippen LogP contribution is -2.30. The Morgan fingerprint density at radius 1 is 1.00 bits per heavy atom. The van der Waals surface area contributed by atoms with Gasteiger partial charge in [-0.1, -0.05) is 12.1 Å². The molecule has 23 heavy (non-hydrogen) atoms. The first-order valence-corrected chi connectivity index (χ1v) is 6.83. The molecule has 0 bridgehead atoms. The van der Waals surface area contributed by atoms with Crippen LogP contribution in [0.1, 0.15) is 26.4 Å². The van der Waals surface area contributed by atoms with Crippen molar-refractivity contribution in [3.05, 3.63) is 65.6 Å². The first-order valence-electron chi connectivity index (χ1n) is 6.83. The maximum Gasteiger partial charge on any atom is 0.267 e. The summed E-state index contributed by atoms with van der Waals surface area (Å²) in [5.41, 5.74) is 0.979. The first-order chi connectivity index (χ1) is 11.2. The van der Waals surface area contributed by atoms with Gasteiger partial charge in [0.1, 0.15) is 11.8 Å². The summed E-state index contributed by atoms with van der Waals surface area (Å²) in [6, 6.07) is 11.9. The van der Waals surface area contributed by atoms with Crippen molar-refractivity contribution in [1.29, 1.82) is 5.26 Å². The average molecular weight is 300 g/mol. The van der Waals surface area contributed by atoms with E-state index in [-0.39, 0.29) is 11.5 Å². The van der Waals surface area contributed by atoms with Crippen molar-refractivity contribution in [2.24, 2.45) is 0 Å². The number of fused-ring (bicyclic) bond motifs is 2. The minimum atomic E-state index is -0.407. The van der Waals surface area contributed by atoms with Crippen LogP contribution in [0.2, 0.25) is 0 Å². The Kier molecular flexibility index (Phi) is 2.68. The van der Waals surface area contributed by atoms with E-state index < -0.39 is 11.8 Å². The minimum Gasteiger partial charge on any atom is -0.268 e. The van der Waals surface area contributed by atoms with Gasteiger partial charge < -0.3 is 0 Å². The van der Waals surface area contributed by atoms with E-state index in [0.717, 1.165) is 4.90 Å². The second-order valence-electron chi connectivity index (χ2n) is 5.03. The number of rotatable bonds is 1. The molecule has 0 radical (unpaired) electrons. The van der Waals surface area contributed by atoms with E-state index in [0.29, 0.717) is 21.9 Å². The van der Waals surface area contributed by atoms with Crippen molar-refractivity contribution in [2.45, 2.75) is 0 Å². The van der Waals surface area contributed by atoms with Crippen LogP contribution in [0.4, 0.5) is 5.82 Å². The predicted molar refractivity (Wildman–Crippen MR) is 81.8 cm³/mol. The van der Waals surface area contributed by atoms with Crippen LogP contribution < -0.4 is 4.90 Å². The molecule has 3 heterocycles. The van der Waals surface area contributed by atoms with Crippen LogP contribution in [-0.2, 0) is 0 Å². The molecule has 0 saturated carbocycles. The van der Waals surface area contributed by atoms with Crippen LogP contribution in [0.15, 0.2) is 48.8 Å². The number of carbonyl (C=O) groups is 2. The number of pyridine rings is 2. The fourth-order valence-corrected chi connectivity index (χ4v) is 2.67. The normalized spacial score (nSPS) is 13.3. The number of aromatic nitrogens is 2. The van der Waals surface area contributed by atoms with Crippen LogP contribution in [-0.4, -0.2) is 21.8 Å². The molecule has 108 valence electrons. The number of carbonyl (C=O) groups excluding carboxylic acids is 2. The second kappa shape index (κ2) is 4.71. The lowest BCUT2D eigenvalue weighted by molar-refractivity contribution is 0.0925. The summed E-state index contributed by atoms with van der Waals surface area (Å²) in [5, 5.41) is 10.2. The molecule has 6 heteroatoms. The van der Waals surface area contributed by atoms with E-state index in [1.165, 1.54) is 12.4 Å². The molecule has 1 aromatic carbocycles. The van der Waals surface area contributed by atoms with Crippen molar-refractivity contribution in [3.8, 4) is 6.07 Å². The first kappa shape index (κ1) is 13.1. The molecule has 0 fully saturated rings. The zero-order valence-electron chi connectivity index (χ0n) is 11.7. The molecule has 2 aromatic heterocycles. The molecule has 3 aromatic rings. The van der Waals surface area contributed by atoms with Crippen LogP contribution in [0.25, 0.3) is 10.8 Å². The molecule has 2 amide bonds. The van der Waals surface area contributed by atoms with Crippen LogP contribution in [0.5, 0.6) is 0 Å². The molecule has 0 unspecified atom stereocenters. The number of anilines is 1. The highest BCUT2D eigenvalue weighted by molar-refractivity contribution is 6.35. The smallest absolute Gasteiger partial charge is 0.267 e. The number of nitriles is 1. The highest BCUT2D eigenvalue weighted by Gasteiger charge is 2.37. The molecule has 0 saturated heterocycles. The minimum absolute atomic E-state index is 0.227. The number of hydrogen-bond acceptors (Lipinski definition) is 5. The Balaban J connectivity index is 1.93. The Morgan fingerprint density at radius 2 is 1.70 bits per heavy atom. The van der Waals surface area contributed by atoms with Crippen molar-refractivity contribution in [1.82, 2.24) is 9.97 Å².